The zero-order valence-corrected chi connectivity index (χ0v) is 5.44. The molecule has 0 amide bonds. The number of hydrogen-bond donors (Lipinski definition) is 1. The number of aliphatic hydroxyl groups excluding tert-OH is 1. The third-order valence-corrected chi connectivity index (χ3v) is 0.835. The van der Waals surface area contributed by atoms with Gasteiger partial charge >= 0.3 is 0 Å². The molecule has 46 valence electrons. The summed E-state index contributed by atoms with van der Waals surface area (Å²) in [5.41, 5.74) is 0.729. The van der Waals surface area contributed by atoms with E-state index in [1.165, 1.54) is 0 Å². The van der Waals surface area contributed by atoms with Gasteiger partial charge in [-0.05, 0) is 25.0 Å². The summed E-state index contributed by atoms with van der Waals surface area (Å²) in [6, 6.07) is 0. The van der Waals surface area contributed by atoms with Gasteiger partial charge in [-0.3, -0.25) is 0 Å². The van der Waals surface area contributed by atoms with Crippen molar-refractivity contribution in [2.75, 3.05) is 0 Å². The van der Waals surface area contributed by atoms with Gasteiger partial charge in [0.25, 0.3) is 0 Å². The fourth-order valence-electron chi connectivity index (χ4n) is 0.368. The zero-order chi connectivity index (χ0) is 6.57. The van der Waals surface area contributed by atoms with Crippen LogP contribution >= 0.6 is 0 Å². The Hall–Kier alpha value is -0.720. The average Bonchev–Trinajstić information content (AvgIpc) is 1.67. The predicted molar refractivity (Wildman–Crippen MR) is 35.8 cm³/mol. The number of rotatable bonds is 2. The van der Waals surface area contributed by atoms with Gasteiger partial charge in [-0.1, -0.05) is 13.5 Å². The molecule has 0 saturated heterocycles. The fourth-order valence-corrected chi connectivity index (χ4v) is 0.368. The Morgan fingerprint density at radius 1 is 1.75 bits per heavy atom. The minimum atomic E-state index is 0.313. The molecule has 0 aromatic rings. The smallest absolute Gasteiger partial charge is 0.113 e. The highest BCUT2D eigenvalue weighted by atomic mass is 16.3. The molecule has 0 rings (SSSR count). The summed E-state index contributed by atoms with van der Waals surface area (Å²) >= 11 is 0. The lowest BCUT2D eigenvalue weighted by Crippen LogP contribution is -1.78. The van der Waals surface area contributed by atoms with Crippen molar-refractivity contribution < 1.29 is 5.11 Å². The van der Waals surface area contributed by atoms with Crippen LogP contribution in [0.2, 0.25) is 0 Å². The Labute approximate surface area is 50.3 Å². The lowest BCUT2D eigenvalue weighted by molar-refractivity contribution is 0.421. The molecule has 0 radical (unpaired) electrons. The molecular formula is C7H12O. The summed E-state index contributed by atoms with van der Waals surface area (Å²) in [5.74, 6) is 0.313. The molecule has 0 bridgehead atoms. The van der Waals surface area contributed by atoms with Crippen molar-refractivity contribution in [2.24, 2.45) is 0 Å². The van der Waals surface area contributed by atoms with Gasteiger partial charge in [-0.2, -0.15) is 0 Å². The van der Waals surface area contributed by atoms with Gasteiger partial charge in [0.1, 0.15) is 5.76 Å². The molecule has 8 heavy (non-hydrogen) atoms. The molecule has 0 aliphatic heterocycles. The molecule has 0 fully saturated rings. The third-order valence-electron chi connectivity index (χ3n) is 0.835. The van der Waals surface area contributed by atoms with Gasteiger partial charge in [0.2, 0.25) is 0 Å². The molecular weight excluding hydrogens is 100 g/mol. The predicted octanol–water partition coefficient (Wildman–Crippen LogP) is 2.41. The molecule has 0 unspecified atom stereocenters. The van der Waals surface area contributed by atoms with E-state index in [9.17, 15) is 0 Å². The molecule has 0 aliphatic rings. The maximum Gasteiger partial charge on any atom is 0.113 e. The minimum Gasteiger partial charge on any atom is -0.508 e. The second-order valence-corrected chi connectivity index (χ2v) is 1.78. The first-order valence-electron chi connectivity index (χ1n) is 2.73. The second kappa shape index (κ2) is 3.30. The summed E-state index contributed by atoms with van der Waals surface area (Å²) in [6.07, 6.45) is 2.60. The molecule has 1 N–H and O–H groups in total. The van der Waals surface area contributed by atoms with Crippen LogP contribution in [0.5, 0.6) is 0 Å². The van der Waals surface area contributed by atoms with Gasteiger partial charge in [0.05, 0.1) is 0 Å². The maximum atomic E-state index is 8.89. The second-order valence-electron chi connectivity index (χ2n) is 1.78. The fraction of sp³-hybridized carbons (Fsp3) is 0.429. The summed E-state index contributed by atoms with van der Waals surface area (Å²) in [6.45, 7) is 7.31. The van der Waals surface area contributed by atoms with Gasteiger partial charge in [-0.25, -0.2) is 0 Å². The molecule has 0 aliphatic carbocycles. The lowest BCUT2D eigenvalue weighted by atomic mass is 10.2. The van der Waals surface area contributed by atoms with Gasteiger partial charge in [0, 0.05) is 0 Å². The molecule has 0 atom stereocenters. The third kappa shape index (κ3) is 2.45. The summed E-state index contributed by atoms with van der Waals surface area (Å²) in [5, 5.41) is 8.89. The zero-order valence-electron chi connectivity index (χ0n) is 5.44. The van der Waals surface area contributed by atoms with Crippen molar-refractivity contribution in [2.45, 2.75) is 20.3 Å². The Bertz CT molecular complexity index is 112. The normalized spacial score (nSPS) is 11.5. The van der Waals surface area contributed by atoms with E-state index >= 15 is 0 Å². The minimum absolute atomic E-state index is 0.313. The van der Waals surface area contributed by atoms with Crippen LogP contribution in [0.3, 0.4) is 0 Å². The maximum absolute atomic E-state index is 8.89. The van der Waals surface area contributed by atoms with E-state index < -0.39 is 0 Å². The quantitative estimate of drug-likeness (QED) is 0.429. The van der Waals surface area contributed by atoms with Gasteiger partial charge < -0.3 is 5.11 Å². The van der Waals surface area contributed by atoms with Crippen LogP contribution in [0.4, 0.5) is 0 Å². The molecule has 0 heterocycles. The topological polar surface area (TPSA) is 20.2 Å². The van der Waals surface area contributed by atoms with Gasteiger partial charge in [-0.15, -0.1) is 0 Å². The number of hydrogen-bond acceptors (Lipinski definition) is 1. The van der Waals surface area contributed by atoms with Crippen molar-refractivity contribution in [3.05, 3.63) is 24.0 Å². The highest BCUT2D eigenvalue weighted by Gasteiger charge is 1.87. The summed E-state index contributed by atoms with van der Waals surface area (Å²) in [7, 11) is 0. The van der Waals surface area contributed by atoms with Crippen molar-refractivity contribution >= 4 is 0 Å². The Morgan fingerprint density at radius 2 is 2.25 bits per heavy atom. The SMILES string of the molecule is C=C(C)/C(O)=C\CC. The monoisotopic (exact) mass is 112 g/mol. The van der Waals surface area contributed by atoms with E-state index in [0.717, 1.165) is 12.0 Å². The van der Waals surface area contributed by atoms with Crippen molar-refractivity contribution in [3.8, 4) is 0 Å². The first kappa shape index (κ1) is 7.28. The van der Waals surface area contributed by atoms with E-state index in [1.54, 1.807) is 13.0 Å². The van der Waals surface area contributed by atoms with Gasteiger partial charge in [0.15, 0.2) is 0 Å². The molecule has 0 aromatic heterocycles. The molecule has 0 saturated carbocycles. The van der Waals surface area contributed by atoms with E-state index in [1.807, 2.05) is 6.92 Å². The molecule has 0 spiro atoms. The van der Waals surface area contributed by atoms with Crippen LogP contribution in [0.15, 0.2) is 24.0 Å². The number of aliphatic hydroxyl groups is 1. The van der Waals surface area contributed by atoms with Crippen molar-refractivity contribution in [3.63, 3.8) is 0 Å². The standard InChI is InChI=1S/C7H12O/c1-4-5-7(8)6(2)3/h5,8H,2,4H2,1,3H3/b7-5+. The highest BCUT2D eigenvalue weighted by Crippen LogP contribution is 2.01. The highest BCUT2D eigenvalue weighted by molar-refractivity contribution is 5.17. The van der Waals surface area contributed by atoms with Crippen LogP contribution in [0, 0.1) is 0 Å². The van der Waals surface area contributed by atoms with E-state index in [-0.39, 0.29) is 0 Å². The first-order valence-corrected chi connectivity index (χ1v) is 2.73. The van der Waals surface area contributed by atoms with Crippen LogP contribution in [0.25, 0.3) is 0 Å². The van der Waals surface area contributed by atoms with Crippen molar-refractivity contribution in [1.29, 1.82) is 0 Å². The first-order chi connectivity index (χ1) is 3.68. The van der Waals surface area contributed by atoms with Crippen LogP contribution in [-0.4, -0.2) is 5.11 Å². The van der Waals surface area contributed by atoms with E-state index in [4.69, 9.17) is 5.11 Å². The molecule has 1 heteroatoms. The number of allylic oxidation sites excluding steroid dienone is 2. The summed E-state index contributed by atoms with van der Waals surface area (Å²) in [4.78, 5) is 0. The Balaban J connectivity index is 3.80. The van der Waals surface area contributed by atoms with Crippen molar-refractivity contribution in [1.82, 2.24) is 0 Å². The largest absolute Gasteiger partial charge is 0.508 e. The Morgan fingerprint density at radius 3 is 2.38 bits per heavy atom. The van der Waals surface area contributed by atoms with Crippen LogP contribution < -0.4 is 0 Å². The Kier molecular flexibility index (Phi) is 3.01. The molecule has 1 nitrogen and oxygen atoms in total. The van der Waals surface area contributed by atoms with Crippen LogP contribution in [-0.2, 0) is 0 Å². The average molecular weight is 112 g/mol. The van der Waals surface area contributed by atoms with Crippen LogP contribution in [0.1, 0.15) is 20.3 Å². The molecule has 0 aromatic carbocycles. The lowest BCUT2D eigenvalue weighted by Gasteiger charge is -1.93. The summed E-state index contributed by atoms with van der Waals surface area (Å²) < 4.78 is 0. The van der Waals surface area contributed by atoms with E-state index in [2.05, 4.69) is 6.58 Å². The van der Waals surface area contributed by atoms with E-state index in [0.29, 0.717) is 5.76 Å².